The zero-order valence-corrected chi connectivity index (χ0v) is 15.8. The summed E-state index contributed by atoms with van der Waals surface area (Å²) in [5, 5.41) is 3.00. The molecule has 0 aliphatic heterocycles. The standard InChI is InChI=1S/C21H28N2O2/c1-6-23(7-2)18-11-12-20(16(5)13-18)22-21(24)17-9-8-10-19(14-17)25-15(3)4/h8-15H,6-7H2,1-5H3,(H,22,24). The van der Waals surface area contributed by atoms with E-state index >= 15 is 0 Å². The van der Waals surface area contributed by atoms with Crippen LogP contribution in [0.1, 0.15) is 43.6 Å². The Balaban J connectivity index is 2.15. The van der Waals surface area contributed by atoms with Crippen molar-refractivity contribution in [2.45, 2.75) is 40.7 Å². The van der Waals surface area contributed by atoms with Crippen LogP contribution < -0.4 is 15.0 Å². The van der Waals surface area contributed by atoms with Crippen molar-refractivity contribution in [1.82, 2.24) is 0 Å². The Morgan fingerprint density at radius 1 is 1.12 bits per heavy atom. The molecule has 0 saturated heterocycles. The Labute approximate surface area is 150 Å². The molecule has 1 amide bonds. The molecule has 0 unspecified atom stereocenters. The van der Waals surface area contributed by atoms with E-state index in [1.807, 2.05) is 45.0 Å². The number of anilines is 2. The monoisotopic (exact) mass is 340 g/mol. The third-order valence-electron chi connectivity index (χ3n) is 4.05. The molecule has 0 heterocycles. The highest BCUT2D eigenvalue weighted by Gasteiger charge is 2.11. The molecule has 0 fully saturated rings. The van der Waals surface area contributed by atoms with Gasteiger partial charge in [0.1, 0.15) is 5.75 Å². The highest BCUT2D eigenvalue weighted by atomic mass is 16.5. The highest BCUT2D eigenvalue weighted by molar-refractivity contribution is 6.05. The second-order valence-corrected chi connectivity index (χ2v) is 6.32. The van der Waals surface area contributed by atoms with Crippen molar-refractivity contribution in [3.63, 3.8) is 0 Å². The maximum absolute atomic E-state index is 12.6. The van der Waals surface area contributed by atoms with E-state index in [1.165, 1.54) is 5.69 Å². The minimum Gasteiger partial charge on any atom is -0.491 e. The van der Waals surface area contributed by atoms with E-state index in [4.69, 9.17) is 4.74 Å². The third-order valence-corrected chi connectivity index (χ3v) is 4.05. The first-order chi connectivity index (χ1) is 11.9. The van der Waals surface area contributed by atoms with E-state index in [0.29, 0.717) is 11.3 Å². The second-order valence-electron chi connectivity index (χ2n) is 6.32. The van der Waals surface area contributed by atoms with Crippen LogP contribution >= 0.6 is 0 Å². The molecule has 0 bridgehead atoms. The second kappa shape index (κ2) is 8.56. The first kappa shape index (κ1) is 18.8. The first-order valence-electron chi connectivity index (χ1n) is 8.88. The van der Waals surface area contributed by atoms with Gasteiger partial charge in [0.05, 0.1) is 6.10 Å². The molecule has 2 aromatic carbocycles. The van der Waals surface area contributed by atoms with Gasteiger partial charge in [-0.05, 0) is 76.6 Å². The fraction of sp³-hybridized carbons (Fsp3) is 0.381. The molecule has 4 nitrogen and oxygen atoms in total. The van der Waals surface area contributed by atoms with E-state index in [2.05, 4.69) is 30.1 Å². The van der Waals surface area contributed by atoms with Crippen molar-refractivity contribution in [1.29, 1.82) is 0 Å². The number of nitrogens with one attached hydrogen (secondary N) is 1. The first-order valence-corrected chi connectivity index (χ1v) is 8.88. The van der Waals surface area contributed by atoms with Crippen LogP contribution in [0.3, 0.4) is 0 Å². The maximum Gasteiger partial charge on any atom is 0.255 e. The Morgan fingerprint density at radius 3 is 2.44 bits per heavy atom. The van der Waals surface area contributed by atoms with Crippen LogP contribution in [-0.4, -0.2) is 25.1 Å². The number of hydrogen-bond donors (Lipinski definition) is 1. The lowest BCUT2D eigenvalue weighted by atomic mass is 10.1. The number of carbonyl (C=O) groups excluding carboxylic acids is 1. The van der Waals surface area contributed by atoms with Crippen LogP contribution in [0.5, 0.6) is 5.75 Å². The average Bonchev–Trinajstić information content (AvgIpc) is 2.58. The van der Waals surface area contributed by atoms with Gasteiger partial charge in [0.15, 0.2) is 0 Å². The summed E-state index contributed by atoms with van der Waals surface area (Å²) >= 11 is 0. The zero-order valence-electron chi connectivity index (χ0n) is 15.8. The molecule has 25 heavy (non-hydrogen) atoms. The SMILES string of the molecule is CCN(CC)c1ccc(NC(=O)c2cccc(OC(C)C)c2)c(C)c1. The molecule has 0 aromatic heterocycles. The zero-order chi connectivity index (χ0) is 18.4. The number of carbonyl (C=O) groups is 1. The van der Waals surface area contributed by atoms with Gasteiger partial charge in [-0.1, -0.05) is 6.07 Å². The average molecular weight is 340 g/mol. The highest BCUT2D eigenvalue weighted by Crippen LogP contribution is 2.24. The molecule has 0 atom stereocenters. The van der Waals surface area contributed by atoms with Gasteiger partial charge in [-0.25, -0.2) is 0 Å². The Hall–Kier alpha value is -2.49. The van der Waals surface area contributed by atoms with Crippen molar-refractivity contribution >= 4 is 17.3 Å². The number of rotatable bonds is 7. The van der Waals surface area contributed by atoms with Crippen molar-refractivity contribution in [3.05, 3.63) is 53.6 Å². The van der Waals surface area contributed by atoms with Gasteiger partial charge in [0, 0.05) is 30.0 Å². The van der Waals surface area contributed by atoms with Crippen molar-refractivity contribution in [3.8, 4) is 5.75 Å². The van der Waals surface area contributed by atoms with Crippen LogP contribution in [0.15, 0.2) is 42.5 Å². The lowest BCUT2D eigenvalue weighted by molar-refractivity contribution is 0.102. The van der Waals surface area contributed by atoms with Gasteiger partial charge in [-0.2, -0.15) is 0 Å². The van der Waals surface area contributed by atoms with Crippen LogP contribution in [0, 0.1) is 6.92 Å². The van der Waals surface area contributed by atoms with Crippen LogP contribution in [0.4, 0.5) is 11.4 Å². The van der Waals surface area contributed by atoms with Crippen molar-refractivity contribution in [2.24, 2.45) is 0 Å². The number of nitrogens with zero attached hydrogens (tertiary/aromatic N) is 1. The molecule has 0 radical (unpaired) electrons. The summed E-state index contributed by atoms with van der Waals surface area (Å²) in [5.41, 5.74) is 3.64. The smallest absolute Gasteiger partial charge is 0.255 e. The fourth-order valence-corrected chi connectivity index (χ4v) is 2.75. The Kier molecular flexibility index (Phi) is 6.45. The normalized spacial score (nSPS) is 10.6. The maximum atomic E-state index is 12.6. The summed E-state index contributed by atoms with van der Waals surface area (Å²) in [5.74, 6) is 0.573. The molecule has 134 valence electrons. The number of hydrogen-bond acceptors (Lipinski definition) is 3. The molecule has 0 saturated carbocycles. The summed E-state index contributed by atoms with van der Waals surface area (Å²) in [7, 11) is 0. The quantitative estimate of drug-likeness (QED) is 0.781. The lowest BCUT2D eigenvalue weighted by Crippen LogP contribution is -2.22. The summed E-state index contributed by atoms with van der Waals surface area (Å²) in [6.07, 6.45) is 0.0770. The van der Waals surface area contributed by atoms with Gasteiger partial charge in [0.25, 0.3) is 5.91 Å². The fourth-order valence-electron chi connectivity index (χ4n) is 2.75. The molecule has 0 aliphatic rings. The third kappa shape index (κ3) is 4.99. The van der Waals surface area contributed by atoms with Gasteiger partial charge >= 0.3 is 0 Å². The lowest BCUT2D eigenvalue weighted by Gasteiger charge is -2.22. The van der Waals surface area contributed by atoms with E-state index in [9.17, 15) is 4.79 Å². The number of aryl methyl sites for hydroxylation is 1. The molecule has 4 heteroatoms. The van der Waals surface area contributed by atoms with Gasteiger partial charge in [-0.3, -0.25) is 4.79 Å². The molecule has 2 aromatic rings. The van der Waals surface area contributed by atoms with E-state index in [0.717, 1.165) is 24.3 Å². The van der Waals surface area contributed by atoms with Gasteiger partial charge in [-0.15, -0.1) is 0 Å². The summed E-state index contributed by atoms with van der Waals surface area (Å²) in [6, 6.07) is 13.4. The summed E-state index contributed by atoms with van der Waals surface area (Å²) < 4.78 is 5.66. The van der Waals surface area contributed by atoms with E-state index in [-0.39, 0.29) is 12.0 Å². The summed E-state index contributed by atoms with van der Waals surface area (Å²) in [6.45, 7) is 12.2. The number of amides is 1. The molecule has 2 rings (SSSR count). The molecule has 1 N–H and O–H groups in total. The van der Waals surface area contributed by atoms with Crippen molar-refractivity contribution < 1.29 is 9.53 Å². The van der Waals surface area contributed by atoms with Gasteiger partial charge in [0.2, 0.25) is 0 Å². The molecule has 0 spiro atoms. The predicted molar refractivity (Wildman–Crippen MR) is 105 cm³/mol. The largest absolute Gasteiger partial charge is 0.491 e. The van der Waals surface area contributed by atoms with E-state index < -0.39 is 0 Å². The van der Waals surface area contributed by atoms with Crippen LogP contribution in [-0.2, 0) is 0 Å². The van der Waals surface area contributed by atoms with Crippen molar-refractivity contribution in [2.75, 3.05) is 23.3 Å². The number of ether oxygens (including phenoxy) is 1. The van der Waals surface area contributed by atoms with Crippen LogP contribution in [0.2, 0.25) is 0 Å². The van der Waals surface area contributed by atoms with Crippen LogP contribution in [0.25, 0.3) is 0 Å². The molecule has 0 aliphatic carbocycles. The predicted octanol–water partition coefficient (Wildman–Crippen LogP) is 4.88. The van der Waals surface area contributed by atoms with E-state index in [1.54, 1.807) is 12.1 Å². The molecular formula is C21H28N2O2. The van der Waals surface area contributed by atoms with Gasteiger partial charge < -0.3 is 15.0 Å². The minimum atomic E-state index is -0.132. The minimum absolute atomic E-state index is 0.0770. The summed E-state index contributed by atoms with van der Waals surface area (Å²) in [4.78, 5) is 14.8. The topological polar surface area (TPSA) is 41.6 Å². The number of benzene rings is 2. The Bertz CT molecular complexity index is 722. The Morgan fingerprint density at radius 2 is 1.84 bits per heavy atom. The molecular weight excluding hydrogens is 312 g/mol.